The van der Waals surface area contributed by atoms with E-state index in [9.17, 15) is 4.79 Å². The zero-order valence-corrected chi connectivity index (χ0v) is 10.6. The van der Waals surface area contributed by atoms with Crippen LogP contribution in [0.25, 0.3) is 0 Å². The molecule has 0 radical (unpaired) electrons. The fourth-order valence-corrected chi connectivity index (χ4v) is 2.20. The quantitative estimate of drug-likeness (QED) is 0.609. The smallest absolute Gasteiger partial charge is 0.248 e. The van der Waals surface area contributed by atoms with Crippen molar-refractivity contribution in [3.63, 3.8) is 0 Å². The molecular formula is C11H23N5O. The van der Waals surface area contributed by atoms with E-state index in [1.165, 1.54) is 0 Å². The number of hydrazine groups is 1. The summed E-state index contributed by atoms with van der Waals surface area (Å²) in [5, 5.41) is 5.32. The lowest BCUT2D eigenvalue weighted by Crippen LogP contribution is -2.55. The maximum atomic E-state index is 11.8. The van der Waals surface area contributed by atoms with Crippen molar-refractivity contribution < 1.29 is 4.79 Å². The first kappa shape index (κ1) is 12.8. The zero-order valence-electron chi connectivity index (χ0n) is 10.6. The van der Waals surface area contributed by atoms with Gasteiger partial charge in [0.2, 0.25) is 5.91 Å². The Balaban J connectivity index is 1.66. The van der Waals surface area contributed by atoms with E-state index in [0.29, 0.717) is 6.54 Å². The second-order valence-corrected chi connectivity index (χ2v) is 4.85. The van der Waals surface area contributed by atoms with Crippen LogP contribution in [0.4, 0.5) is 0 Å². The fraction of sp³-hybridized carbons (Fsp3) is 0.909. The molecule has 0 saturated carbocycles. The average molecular weight is 241 g/mol. The van der Waals surface area contributed by atoms with Crippen molar-refractivity contribution in [3.05, 3.63) is 0 Å². The maximum absolute atomic E-state index is 11.8. The minimum atomic E-state index is 0.122. The van der Waals surface area contributed by atoms with E-state index in [-0.39, 0.29) is 5.91 Å². The van der Waals surface area contributed by atoms with Gasteiger partial charge in [-0.05, 0) is 7.05 Å². The van der Waals surface area contributed by atoms with Crippen LogP contribution in [0.2, 0.25) is 0 Å². The molecule has 17 heavy (non-hydrogen) atoms. The molecule has 2 heterocycles. The van der Waals surface area contributed by atoms with Crippen molar-refractivity contribution in [3.8, 4) is 0 Å². The molecular weight excluding hydrogens is 218 g/mol. The Labute approximate surface area is 103 Å². The molecule has 98 valence electrons. The molecule has 2 aliphatic rings. The van der Waals surface area contributed by atoms with Crippen LogP contribution in [0, 0.1) is 0 Å². The predicted molar refractivity (Wildman–Crippen MR) is 66.5 cm³/mol. The van der Waals surface area contributed by atoms with Gasteiger partial charge in [0.05, 0.1) is 6.54 Å². The van der Waals surface area contributed by atoms with Crippen LogP contribution in [0.1, 0.15) is 0 Å². The van der Waals surface area contributed by atoms with Crippen molar-refractivity contribution in [1.82, 2.24) is 25.6 Å². The Morgan fingerprint density at radius 2 is 1.76 bits per heavy atom. The third-order valence-electron chi connectivity index (χ3n) is 3.36. The molecule has 2 saturated heterocycles. The standard InChI is InChI=1S/C11H23N5O/c1-14-6-8-16(9-7-14)13-11(17)10-15-4-2-12-3-5-15/h12H,2-10H2,1H3,(H,13,17). The summed E-state index contributed by atoms with van der Waals surface area (Å²) in [6.07, 6.45) is 0. The van der Waals surface area contributed by atoms with Crippen LogP contribution >= 0.6 is 0 Å². The topological polar surface area (TPSA) is 50.9 Å². The lowest BCUT2D eigenvalue weighted by atomic mass is 10.3. The Morgan fingerprint density at radius 1 is 1.12 bits per heavy atom. The van der Waals surface area contributed by atoms with Gasteiger partial charge in [0.25, 0.3) is 0 Å². The molecule has 0 aromatic rings. The van der Waals surface area contributed by atoms with Crippen LogP contribution in [0.5, 0.6) is 0 Å². The normalized spacial score (nSPS) is 24.8. The summed E-state index contributed by atoms with van der Waals surface area (Å²) in [6.45, 7) is 8.32. The van der Waals surface area contributed by atoms with Crippen LogP contribution in [-0.4, -0.2) is 86.7 Å². The largest absolute Gasteiger partial charge is 0.314 e. The molecule has 0 unspecified atom stereocenters. The van der Waals surface area contributed by atoms with E-state index in [2.05, 4.69) is 27.6 Å². The number of carbonyl (C=O) groups is 1. The Bertz CT molecular complexity index is 246. The predicted octanol–water partition coefficient (Wildman–Crippen LogP) is -1.83. The molecule has 0 spiro atoms. The number of hydrogen-bond donors (Lipinski definition) is 2. The number of nitrogens with one attached hydrogen (secondary N) is 2. The molecule has 6 heteroatoms. The lowest BCUT2D eigenvalue weighted by Gasteiger charge is -2.33. The minimum Gasteiger partial charge on any atom is -0.314 e. The molecule has 2 rings (SSSR count). The lowest BCUT2D eigenvalue weighted by molar-refractivity contribution is -0.128. The van der Waals surface area contributed by atoms with Gasteiger partial charge in [-0.3, -0.25) is 15.1 Å². The second-order valence-electron chi connectivity index (χ2n) is 4.85. The summed E-state index contributed by atoms with van der Waals surface area (Å²) in [7, 11) is 2.11. The van der Waals surface area contributed by atoms with Crippen molar-refractivity contribution in [2.24, 2.45) is 0 Å². The number of nitrogens with zero attached hydrogens (tertiary/aromatic N) is 3. The maximum Gasteiger partial charge on any atom is 0.248 e. The third kappa shape index (κ3) is 4.23. The Morgan fingerprint density at radius 3 is 2.41 bits per heavy atom. The average Bonchev–Trinajstić information content (AvgIpc) is 2.33. The van der Waals surface area contributed by atoms with Crippen molar-refractivity contribution >= 4 is 5.91 Å². The first-order chi connectivity index (χ1) is 8.24. The van der Waals surface area contributed by atoms with Crippen LogP contribution in [0.3, 0.4) is 0 Å². The van der Waals surface area contributed by atoms with E-state index < -0.39 is 0 Å². The van der Waals surface area contributed by atoms with E-state index >= 15 is 0 Å². The summed E-state index contributed by atoms with van der Waals surface area (Å²) in [6, 6.07) is 0. The Hall–Kier alpha value is -0.690. The first-order valence-electron chi connectivity index (χ1n) is 6.40. The first-order valence-corrected chi connectivity index (χ1v) is 6.40. The summed E-state index contributed by atoms with van der Waals surface area (Å²) < 4.78 is 0. The van der Waals surface area contributed by atoms with Gasteiger partial charge in [-0.2, -0.15) is 0 Å². The fourth-order valence-electron chi connectivity index (χ4n) is 2.20. The van der Waals surface area contributed by atoms with Gasteiger partial charge < -0.3 is 10.2 Å². The van der Waals surface area contributed by atoms with Gasteiger partial charge in [0, 0.05) is 52.4 Å². The minimum absolute atomic E-state index is 0.122. The van der Waals surface area contributed by atoms with Gasteiger partial charge in [0.1, 0.15) is 0 Å². The van der Waals surface area contributed by atoms with Gasteiger partial charge in [-0.1, -0.05) is 0 Å². The molecule has 2 aliphatic heterocycles. The number of rotatable bonds is 3. The summed E-state index contributed by atoms with van der Waals surface area (Å²) >= 11 is 0. The molecule has 0 atom stereocenters. The van der Waals surface area contributed by atoms with Gasteiger partial charge in [-0.15, -0.1) is 0 Å². The molecule has 0 bridgehead atoms. The van der Waals surface area contributed by atoms with Crippen LogP contribution < -0.4 is 10.7 Å². The highest BCUT2D eigenvalue weighted by Crippen LogP contribution is 1.96. The Kier molecular flexibility index (Phi) is 4.73. The van der Waals surface area contributed by atoms with E-state index in [1.807, 2.05) is 5.01 Å². The summed E-state index contributed by atoms with van der Waals surface area (Å²) in [5.41, 5.74) is 2.99. The number of likely N-dealkylation sites (N-methyl/N-ethyl adjacent to an activating group) is 1. The highest BCUT2D eigenvalue weighted by Gasteiger charge is 2.18. The number of amides is 1. The molecule has 6 nitrogen and oxygen atoms in total. The van der Waals surface area contributed by atoms with E-state index in [4.69, 9.17) is 0 Å². The molecule has 2 fully saturated rings. The third-order valence-corrected chi connectivity index (χ3v) is 3.36. The molecule has 0 aromatic carbocycles. The van der Waals surface area contributed by atoms with E-state index in [0.717, 1.165) is 52.4 Å². The van der Waals surface area contributed by atoms with Crippen molar-refractivity contribution in [2.75, 3.05) is 66.0 Å². The van der Waals surface area contributed by atoms with Gasteiger partial charge >= 0.3 is 0 Å². The molecule has 1 amide bonds. The van der Waals surface area contributed by atoms with E-state index in [1.54, 1.807) is 0 Å². The number of hydrogen-bond acceptors (Lipinski definition) is 5. The number of carbonyl (C=O) groups excluding carboxylic acids is 1. The van der Waals surface area contributed by atoms with Crippen molar-refractivity contribution in [2.45, 2.75) is 0 Å². The second kappa shape index (κ2) is 6.30. The van der Waals surface area contributed by atoms with Crippen LogP contribution in [-0.2, 0) is 4.79 Å². The molecule has 0 aliphatic carbocycles. The molecule has 0 aromatic heterocycles. The van der Waals surface area contributed by atoms with Crippen molar-refractivity contribution in [1.29, 1.82) is 0 Å². The highest BCUT2D eigenvalue weighted by molar-refractivity contribution is 5.77. The monoisotopic (exact) mass is 241 g/mol. The van der Waals surface area contributed by atoms with Crippen LogP contribution in [0.15, 0.2) is 0 Å². The summed E-state index contributed by atoms with van der Waals surface area (Å²) in [4.78, 5) is 16.3. The molecule has 2 N–H and O–H groups in total. The highest BCUT2D eigenvalue weighted by atomic mass is 16.2. The zero-order chi connectivity index (χ0) is 12.1. The van der Waals surface area contributed by atoms with Gasteiger partial charge in [0.15, 0.2) is 0 Å². The number of piperazine rings is 2. The SMILES string of the molecule is CN1CCN(NC(=O)CN2CCNCC2)CC1. The summed E-state index contributed by atoms with van der Waals surface area (Å²) in [5.74, 6) is 0.122. The van der Waals surface area contributed by atoms with Gasteiger partial charge in [-0.25, -0.2) is 5.01 Å².